The van der Waals surface area contributed by atoms with Gasteiger partial charge >= 0.3 is 5.69 Å². The number of carbonyl (C=O) groups is 1. The van der Waals surface area contributed by atoms with Crippen molar-refractivity contribution < 1.29 is 23.4 Å². The number of benzene rings is 1. The number of aryl methyl sites for hydroxylation is 1. The van der Waals surface area contributed by atoms with Gasteiger partial charge in [-0.2, -0.15) is 5.10 Å². The molecule has 11 nitrogen and oxygen atoms in total. The molecule has 4 aromatic rings. The van der Waals surface area contributed by atoms with Crippen LogP contribution in [-0.4, -0.2) is 58.8 Å². The normalized spacial score (nSPS) is 16.3. The largest absolute Gasteiger partial charge is 0.496 e. The molecular weight excluding hydrogens is 541 g/mol. The van der Waals surface area contributed by atoms with Crippen molar-refractivity contribution in [3.8, 4) is 10.8 Å². The summed E-state index contributed by atoms with van der Waals surface area (Å²) in [5.41, 5.74) is -0.158. The van der Waals surface area contributed by atoms with E-state index in [2.05, 4.69) is 10.4 Å². The SMILES string of the molecule is COCCO[C@@H](Cn1c(=O)n([C@H]2CCCNC2=O)c(=O)c2c(C)c(-n3cccn3)sc21)c1cc(F)ccc1OC. The van der Waals surface area contributed by atoms with Crippen molar-refractivity contribution >= 4 is 27.5 Å². The first-order chi connectivity index (χ1) is 19.3. The van der Waals surface area contributed by atoms with Crippen LogP contribution in [0.1, 0.15) is 36.1 Å². The number of fused-ring (bicyclic) bond motifs is 1. The molecule has 2 atom stereocenters. The Morgan fingerprint density at radius 3 is 2.75 bits per heavy atom. The number of nitrogens with zero attached hydrogens (tertiary/aromatic N) is 4. The number of rotatable bonds is 10. The van der Waals surface area contributed by atoms with E-state index in [4.69, 9.17) is 14.2 Å². The molecule has 40 heavy (non-hydrogen) atoms. The Bertz CT molecular complexity index is 1640. The summed E-state index contributed by atoms with van der Waals surface area (Å²) >= 11 is 1.24. The van der Waals surface area contributed by atoms with Gasteiger partial charge in [-0.1, -0.05) is 11.3 Å². The molecule has 0 unspecified atom stereocenters. The topological polar surface area (TPSA) is 119 Å². The highest BCUT2D eigenvalue weighted by Gasteiger charge is 2.31. The van der Waals surface area contributed by atoms with E-state index < -0.39 is 29.2 Å². The Hall–Kier alpha value is -3.81. The molecule has 0 aliphatic carbocycles. The van der Waals surface area contributed by atoms with Crippen LogP contribution in [0, 0.1) is 12.7 Å². The van der Waals surface area contributed by atoms with E-state index in [1.807, 2.05) is 0 Å². The molecule has 1 amide bonds. The van der Waals surface area contributed by atoms with Crippen LogP contribution >= 0.6 is 11.3 Å². The van der Waals surface area contributed by atoms with Gasteiger partial charge in [0.15, 0.2) is 0 Å². The smallest absolute Gasteiger partial charge is 0.332 e. The summed E-state index contributed by atoms with van der Waals surface area (Å²) in [5, 5.41) is 8.05. The van der Waals surface area contributed by atoms with Gasteiger partial charge in [0, 0.05) is 37.2 Å². The number of nitrogens with one attached hydrogen (secondary N) is 1. The van der Waals surface area contributed by atoms with Crippen LogP contribution in [0.2, 0.25) is 0 Å². The minimum absolute atomic E-state index is 0.0774. The second-order valence-electron chi connectivity index (χ2n) is 9.42. The predicted molar refractivity (Wildman–Crippen MR) is 147 cm³/mol. The standard InChI is InChI=1S/C27H30FN5O6S/c1-16-22-24(35)33(19-6-4-9-29-23(19)34)27(36)31(26(22)40-25(16)32-11-5-10-30-32)15-21(39-13-12-37-2)18-14-17(28)7-8-20(18)38-3/h5,7-8,10-11,14,19,21H,4,6,9,12-13,15H2,1-3H3,(H,29,34)/t19-,21-/m0/s1. The summed E-state index contributed by atoms with van der Waals surface area (Å²) in [4.78, 5) is 41.2. The van der Waals surface area contributed by atoms with Gasteiger partial charge in [0.1, 0.15) is 33.5 Å². The van der Waals surface area contributed by atoms with Crippen molar-refractivity contribution in [1.82, 2.24) is 24.2 Å². The summed E-state index contributed by atoms with van der Waals surface area (Å²) in [6.45, 7) is 2.62. The van der Waals surface area contributed by atoms with Gasteiger partial charge in [-0.3, -0.25) is 14.2 Å². The summed E-state index contributed by atoms with van der Waals surface area (Å²) in [5.74, 6) is -0.491. The van der Waals surface area contributed by atoms with Crippen LogP contribution in [0.4, 0.5) is 4.39 Å². The summed E-state index contributed by atoms with van der Waals surface area (Å²) in [6.07, 6.45) is 3.51. The monoisotopic (exact) mass is 571 g/mol. The van der Waals surface area contributed by atoms with Crippen LogP contribution in [0.25, 0.3) is 15.2 Å². The molecule has 1 N–H and O–H groups in total. The number of methoxy groups -OCH3 is 2. The molecule has 1 aliphatic rings. The van der Waals surface area contributed by atoms with Crippen LogP contribution in [0.3, 0.4) is 0 Å². The van der Waals surface area contributed by atoms with Gasteiger partial charge in [-0.25, -0.2) is 18.4 Å². The molecule has 0 spiro atoms. The number of hydrogen-bond donors (Lipinski definition) is 1. The molecule has 1 fully saturated rings. The highest BCUT2D eigenvalue weighted by Crippen LogP contribution is 2.34. The average molecular weight is 572 g/mol. The molecule has 0 radical (unpaired) electrons. The molecule has 3 aromatic heterocycles. The lowest BCUT2D eigenvalue weighted by Gasteiger charge is -2.26. The Balaban J connectivity index is 1.75. The van der Waals surface area contributed by atoms with E-state index in [0.29, 0.717) is 51.5 Å². The maximum atomic E-state index is 14.4. The molecule has 1 saturated heterocycles. The van der Waals surface area contributed by atoms with Crippen molar-refractivity contribution in [3.05, 3.63) is 74.4 Å². The number of thiophene rings is 1. The Kier molecular flexibility index (Phi) is 8.14. The third kappa shape index (κ3) is 5.07. The molecule has 1 aliphatic heterocycles. The summed E-state index contributed by atoms with van der Waals surface area (Å²) in [6, 6.07) is 4.89. The highest BCUT2D eigenvalue weighted by atomic mass is 32.1. The molecule has 5 rings (SSSR count). The van der Waals surface area contributed by atoms with Crippen LogP contribution in [0.5, 0.6) is 5.75 Å². The zero-order valence-electron chi connectivity index (χ0n) is 22.4. The number of hydrogen-bond acceptors (Lipinski definition) is 8. The molecule has 0 saturated carbocycles. The number of aromatic nitrogens is 4. The van der Waals surface area contributed by atoms with Crippen molar-refractivity contribution in [1.29, 1.82) is 0 Å². The lowest BCUT2D eigenvalue weighted by atomic mass is 10.1. The van der Waals surface area contributed by atoms with Gasteiger partial charge in [0.2, 0.25) is 5.91 Å². The fourth-order valence-corrected chi connectivity index (χ4v) is 6.28. The number of amides is 1. The quantitative estimate of drug-likeness (QED) is 0.291. The number of halogens is 1. The maximum Gasteiger partial charge on any atom is 0.332 e. The Morgan fingerprint density at radius 1 is 1.23 bits per heavy atom. The molecule has 1 aromatic carbocycles. The van der Waals surface area contributed by atoms with E-state index in [1.54, 1.807) is 30.1 Å². The maximum absolute atomic E-state index is 14.4. The Morgan fingerprint density at radius 2 is 2.05 bits per heavy atom. The van der Waals surface area contributed by atoms with Crippen molar-refractivity contribution in [2.75, 3.05) is 34.0 Å². The molecule has 13 heteroatoms. The second-order valence-corrected chi connectivity index (χ2v) is 10.4. The van der Waals surface area contributed by atoms with Crippen LogP contribution in [0.15, 0.2) is 46.2 Å². The van der Waals surface area contributed by atoms with E-state index in [-0.39, 0.29) is 25.7 Å². The molecule has 212 valence electrons. The third-order valence-electron chi connectivity index (χ3n) is 6.99. The third-order valence-corrected chi connectivity index (χ3v) is 8.30. The fourth-order valence-electron chi connectivity index (χ4n) is 5.04. The molecular formula is C27H30FN5O6S. The summed E-state index contributed by atoms with van der Waals surface area (Å²) < 4.78 is 35.3. The van der Waals surface area contributed by atoms with Gasteiger partial charge in [-0.05, 0) is 44.0 Å². The van der Waals surface area contributed by atoms with Crippen LogP contribution in [-0.2, 0) is 20.8 Å². The lowest BCUT2D eigenvalue weighted by Crippen LogP contribution is -2.49. The highest BCUT2D eigenvalue weighted by molar-refractivity contribution is 7.21. The first-order valence-electron chi connectivity index (χ1n) is 12.9. The second kappa shape index (κ2) is 11.7. The summed E-state index contributed by atoms with van der Waals surface area (Å²) in [7, 11) is 3.00. The first-order valence-corrected chi connectivity index (χ1v) is 13.7. The molecule has 4 heterocycles. The molecule has 0 bridgehead atoms. The van der Waals surface area contributed by atoms with Crippen LogP contribution < -0.4 is 21.3 Å². The van der Waals surface area contributed by atoms with E-state index in [9.17, 15) is 18.8 Å². The zero-order chi connectivity index (χ0) is 28.4. The predicted octanol–water partition coefficient (Wildman–Crippen LogP) is 2.72. The van der Waals surface area contributed by atoms with Gasteiger partial charge < -0.3 is 19.5 Å². The first kappa shape index (κ1) is 27.7. The van der Waals surface area contributed by atoms with E-state index in [1.165, 1.54) is 48.3 Å². The minimum Gasteiger partial charge on any atom is -0.496 e. The van der Waals surface area contributed by atoms with Crippen molar-refractivity contribution in [2.45, 2.75) is 38.5 Å². The number of carbonyl (C=O) groups excluding carboxylic acids is 1. The zero-order valence-corrected chi connectivity index (χ0v) is 23.2. The number of piperidine rings is 1. The van der Waals surface area contributed by atoms with E-state index >= 15 is 0 Å². The minimum atomic E-state index is -0.951. The lowest BCUT2D eigenvalue weighted by molar-refractivity contribution is -0.126. The number of ether oxygens (including phenoxy) is 3. The van der Waals surface area contributed by atoms with E-state index in [0.717, 1.165) is 4.57 Å². The van der Waals surface area contributed by atoms with Gasteiger partial charge in [0.25, 0.3) is 5.56 Å². The van der Waals surface area contributed by atoms with Gasteiger partial charge in [-0.15, -0.1) is 0 Å². The van der Waals surface area contributed by atoms with Crippen molar-refractivity contribution in [2.24, 2.45) is 0 Å². The Labute approximate surface area is 232 Å². The average Bonchev–Trinajstić information content (AvgIpc) is 3.59. The van der Waals surface area contributed by atoms with Gasteiger partial charge in [0.05, 0.1) is 32.3 Å². The van der Waals surface area contributed by atoms with Crippen molar-refractivity contribution in [3.63, 3.8) is 0 Å². The fraction of sp³-hybridized carbons (Fsp3) is 0.407.